The first-order valence-electron chi connectivity index (χ1n) is 2.78. The van der Waals surface area contributed by atoms with Gasteiger partial charge in [-0.2, -0.15) is 0 Å². The molecule has 1 aliphatic heterocycles. The Labute approximate surface area is 75.6 Å². The van der Waals surface area contributed by atoms with Crippen molar-refractivity contribution in [1.29, 1.82) is 0 Å². The monoisotopic (exact) mass is 351 g/mol. The summed E-state index contributed by atoms with van der Waals surface area (Å²) in [5.41, 5.74) is 0. The zero-order chi connectivity index (χ0) is 6.69. The van der Waals surface area contributed by atoms with Gasteiger partial charge in [-0.15, -0.1) is 0 Å². The number of rotatable bonds is 1. The van der Waals surface area contributed by atoms with Crippen LogP contribution in [0, 0.1) is 0 Å². The van der Waals surface area contributed by atoms with Gasteiger partial charge in [-0.25, -0.2) is 0 Å². The zero-order valence-corrected chi connectivity index (χ0v) is 9.55. The summed E-state index contributed by atoms with van der Waals surface area (Å²) >= 11 is 0.554. The molecule has 1 atom stereocenters. The van der Waals surface area contributed by atoms with Crippen molar-refractivity contribution in [3.05, 3.63) is 0 Å². The number of ketones is 1. The van der Waals surface area contributed by atoms with Crippen LogP contribution in [0.1, 0.15) is 6.92 Å². The van der Waals surface area contributed by atoms with E-state index < -0.39 is 0 Å². The van der Waals surface area contributed by atoms with Crippen molar-refractivity contribution in [3.8, 4) is 0 Å². The fourth-order valence-electron chi connectivity index (χ4n) is 0.572. The minimum atomic E-state index is 0.161. The van der Waals surface area contributed by atoms with Gasteiger partial charge in [0.05, 0.1) is 0 Å². The summed E-state index contributed by atoms with van der Waals surface area (Å²) in [5.74, 6) is 0.443. The molecule has 3 heteroatoms. The van der Waals surface area contributed by atoms with Gasteiger partial charge in [0.15, 0.2) is 0 Å². The second kappa shape index (κ2) is 4.00. The van der Waals surface area contributed by atoms with Crippen LogP contribution in [0.5, 0.6) is 0 Å². The molecule has 0 radical (unpaired) electrons. The summed E-state index contributed by atoms with van der Waals surface area (Å²) < 4.78 is 5.56. The van der Waals surface area contributed by atoms with E-state index >= 15 is 0 Å². The molecule has 0 saturated carbocycles. The molecule has 1 rings (SSSR count). The summed E-state index contributed by atoms with van der Waals surface area (Å²) in [5, 5.41) is 0. The third kappa shape index (κ3) is 2.61. The number of halogens is 2. The Morgan fingerprint density at radius 1 is 1.89 bits per heavy atom. The topological polar surface area (TPSA) is 17.1 Å². The molecule has 1 nitrogen and oxygen atoms in total. The van der Waals surface area contributed by atoms with Gasteiger partial charge in [-0.3, -0.25) is 0 Å². The molecule has 0 spiro atoms. The standard InChI is InChI=1S/C6H9I2O/c1-5(9)6-4-7-2-3-8-6/h3,6H,2,4H2,1H3/q-1. The van der Waals surface area contributed by atoms with E-state index in [1.54, 1.807) is 6.92 Å². The summed E-state index contributed by atoms with van der Waals surface area (Å²) in [6, 6.07) is 0. The Morgan fingerprint density at radius 3 is 3.00 bits per heavy atom. The van der Waals surface area contributed by atoms with Crippen molar-refractivity contribution in [2.45, 2.75) is 10.8 Å². The van der Waals surface area contributed by atoms with Crippen LogP contribution in [0.25, 0.3) is 0 Å². The van der Waals surface area contributed by atoms with E-state index in [2.05, 4.69) is 4.01 Å². The number of hydrogen-bond donors (Lipinski definition) is 0. The first-order chi connectivity index (χ1) is 4.30. The first-order valence-corrected chi connectivity index (χ1v) is 8.32. The van der Waals surface area contributed by atoms with Crippen LogP contribution in [0.4, 0.5) is 0 Å². The SMILES string of the molecule is CC(=O)C1C[I-]CC=I1. The van der Waals surface area contributed by atoms with Crippen molar-refractivity contribution in [1.82, 2.24) is 0 Å². The zero-order valence-electron chi connectivity index (χ0n) is 5.23. The summed E-state index contributed by atoms with van der Waals surface area (Å²) in [7, 11) is 0. The maximum atomic E-state index is 10.8. The van der Waals surface area contributed by atoms with Gasteiger partial charge in [0.25, 0.3) is 0 Å². The minimum absolute atomic E-state index is 0.161. The second-order valence-electron chi connectivity index (χ2n) is 1.86. The van der Waals surface area contributed by atoms with Crippen LogP contribution in [0.2, 0.25) is 0 Å². The molecule has 0 aromatic carbocycles. The van der Waals surface area contributed by atoms with E-state index in [4.69, 9.17) is 0 Å². The van der Waals surface area contributed by atoms with Crippen molar-refractivity contribution < 1.29 is 26.0 Å². The van der Waals surface area contributed by atoms with Gasteiger partial charge in [0, 0.05) is 0 Å². The molecule has 0 bridgehead atoms. The Bertz CT molecular complexity index is 142. The van der Waals surface area contributed by atoms with Crippen LogP contribution in [0.3, 0.4) is 0 Å². The third-order valence-electron chi connectivity index (χ3n) is 1.09. The molecule has 1 aliphatic rings. The van der Waals surface area contributed by atoms with E-state index in [0.717, 1.165) is 0 Å². The van der Waals surface area contributed by atoms with Gasteiger partial charge in [0.2, 0.25) is 0 Å². The van der Waals surface area contributed by atoms with Gasteiger partial charge in [0.1, 0.15) is 0 Å². The predicted molar refractivity (Wildman–Crippen MR) is 44.3 cm³/mol. The second-order valence-corrected chi connectivity index (χ2v) is 7.80. The molecular weight excluding hydrogens is 342 g/mol. The number of Topliss-reactive ketones (excluding diaryl/α,β-unsaturated/α-hetero) is 1. The molecule has 0 aromatic heterocycles. The van der Waals surface area contributed by atoms with Crippen molar-refractivity contribution in [2.24, 2.45) is 0 Å². The van der Waals surface area contributed by atoms with Crippen LogP contribution in [-0.4, -0.2) is 22.6 Å². The summed E-state index contributed by atoms with van der Waals surface area (Å²) in [6.45, 7) is 1.74. The molecule has 0 aliphatic carbocycles. The molecule has 0 fully saturated rings. The van der Waals surface area contributed by atoms with E-state index in [1.165, 1.54) is 8.86 Å². The first kappa shape index (κ1) is 8.10. The Kier molecular flexibility index (Phi) is 3.60. The fraction of sp³-hybridized carbons (Fsp3) is 0.667. The third-order valence-corrected chi connectivity index (χ3v) is 10.2. The molecular formula is C6H9I2O-. The molecule has 0 amide bonds. The number of hydrogen-bond acceptors (Lipinski definition) is 1. The van der Waals surface area contributed by atoms with Crippen molar-refractivity contribution in [3.63, 3.8) is 0 Å². The Balaban J connectivity index is 2.50. The van der Waals surface area contributed by atoms with Crippen LogP contribution >= 0.6 is 20.7 Å². The maximum absolute atomic E-state index is 10.8. The van der Waals surface area contributed by atoms with Gasteiger partial charge in [-0.1, -0.05) is 0 Å². The average molecular weight is 351 g/mol. The molecule has 54 valence electrons. The Hall–Kier alpha value is 1.00. The van der Waals surface area contributed by atoms with E-state index in [9.17, 15) is 4.79 Å². The van der Waals surface area contributed by atoms with E-state index in [-0.39, 0.29) is 20.7 Å². The molecule has 0 saturated heterocycles. The summed E-state index contributed by atoms with van der Waals surface area (Å²) in [6.07, 6.45) is 0. The van der Waals surface area contributed by atoms with Gasteiger partial charge in [-0.05, 0) is 0 Å². The molecule has 1 unspecified atom stereocenters. The van der Waals surface area contributed by atoms with Crippen LogP contribution < -0.4 is 21.2 Å². The fourth-order valence-corrected chi connectivity index (χ4v) is 9.58. The summed E-state index contributed by atoms with van der Waals surface area (Å²) in [4.78, 5) is 10.8. The predicted octanol–water partition coefficient (Wildman–Crippen LogP) is -2.18. The molecule has 0 aromatic rings. The van der Waals surface area contributed by atoms with Crippen LogP contribution in [-0.2, 0) is 4.79 Å². The molecule has 9 heavy (non-hydrogen) atoms. The number of carbonyl (C=O) groups excluding carboxylic acids is 1. The molecule has 0 N–H and O–H groups in total. The Morgan fingerprint density at radius 2 is 2.67 bits per heavy atom. The van der Waals surface area contributed by atoms with Crippen molar-refractivity contribution in [2.75, 3.05) is 8.86 Å². The van der Waals surface area contributed by atoms with Gasteiger partial charge < -0.3 is 0 Å². The number of carbonyl (C=O) groups is 1. The average Bonchev–Trinajstić information content (AvgIpc) is 1.90. The van der Waals surface area contributed by atoms with E-state index in [1.807, 2.05) is 0 Å². The normalized spacial score (nSPS) is 27.9. The van der Waals surface area contributed by atoms with Gasteiger partial charge >= 0.3 is 76.2 Å². The quantitative estimate of drug-likeness (QED) is 0.388. The number of alkyl halides is 3. The van der Waals surface area contributed by atoms with Crippen molar-refractivity contribution >= 4 is 30.5 Å². The molecule has 1 heterocycles. The van der Waals surface area contributed by atoms with Crippen LogP contribution in [0.15, 0.2) is 0 Å². The van der Waals surface area contributed by atoms with E-state index in [0.29, 0.717) is 30.9 Å².